The van der Waals surface area contributed by atoms with E-state index in [0.29, 0.717) is 11.8 Å². The van der Waals surface area contributed by atoms with E-state index in [0.717, 1.165) is 5.56 Å². The highest BCUT2D eigenvalue weighted by molar-refractivity contribution is 5.86. The second kappa shape index (κ2) is 8.49. The lowest BCUT2D eigenvalue weighted by atomic mass is 9.93. The number of benzene rings is 3. The van der Waals surface area contributed by atoms with Gasteiger partial charge in [-0.05, 0) is 52.3 Å². The molecule has 0 unspecified atom stereocenters. The number of hydrogen-bond acceptors (Lipinski definition) is 1. The summed E-state index contributed by atoms with van der Waals surface area (Å²) in [4.78, 5) is 0. The first-order valence-corrected chi connectivity index (χ1v) is 8.93. The van der Waals surface area contributed by atoms with Crippen molar-refractivity contribution < 1.29 is 0 Å². The van der Waals surface area contributed by atoms with E-state index in [1.54, 1.807) is 0 Å². The van der Waals surface area contributed by atoms with Gasteiger partial charge in [-0.3, -0.25) is 0 Å². The highest BCUT2D eigenvalue weighted by Crippen LogP contribution is 2.24. The number of aryl methyl sites for hydroxylation is 1. The van der Waals surface area contributed by atoms with Crippen LogP contribution in [0.15, 0.2) is 60.7 Å². The smallest absolute Gasteiger partial charge is 0.0994 e. The third-order valence-electron chi connectivity index (χ3n) is 4.47. The van der Waals surface area contributed by atoms with Crippen LogP contribution in [0.2, 0.25) is 0 Å². The summed E-state index contributed by atoms with van der Waals surface area (Å²) in [5.74, 6) is 1.03. The molecule has 0 saturated carbocycles. The molecule has 3 aromatic carbocycles. The molecule has 0 bridgehead atoms. The molecule has 0 heterocycles. The van der Waals surface area contributed by atoms with Gasteiger partial charge in [-0.25, -0.2) is 0 Å². The van der Waals surface area contributed by atoms with Crippen molar-refractivity contribution in [3.63, 3.8) is 0 Å². The Morgan fingerprint density at radius 1 is 0.760 bits per heavy atom. The van der Waals surface area contributed by atoms with Crippen LogP contribution in [-0.2, 0) is 0 Å². The molecule has 0 radical (unpaired) electrons. The first-order chi connectivity index (χ1) is 12.0. The Morgan fingerprint density at radius 2 is 1.40 bits per heavy atom. The van der Waals surface area contributed by atoms with Crippen LogP contribution in [0.1, 0.15) is 61.8 Å². The lowest BCUT2D eigenvalue weighted by molar-refractivity contribution is 0.852. The predicted octanol–water partition coefficient (Wildman–Crippen LogP) is 6.95. The Morgan fingerprint density at radius 3 is 2.00 bits per heavy atom. The van der Waals surface area contributed by atoms with Crippen molar-refractivity contribution in [3.05, 3.63) is 82.9 Å². The average molecular weight is 329 g/mol. The Kier molecular flexibility index (Phi) is 6.37. The minimum Gasteiger partial charge on any atom is -0.192 e. The molecule has 1 heteroatoms. The van der Waals surface area contributed by atoms with Crippen LogP contribution >= 0.6 is 0 Å². The topological polar surface area (TPSA) is 23.8 Å². The van der Waals surface area contributed by atoms with Gasteiger partial charge in [-0.1, -0.05) is 82.3 Å². The summed E-state index contributed by atoms with van der Waals surface area (Å²) < 4.78 is 0. The molecule has 0 N–H and O–H groups in total. The van der Waals surface area contributed by atoms with Crippen LogP contribution in [0, 0.1) is 18.3 Å². The molecule has 0 aliphatic rings. The molecule has 3 aromatic rings. The van der Waals surface area contributed by atoms with Crippen molar-refractivity contribution in [1.29, 1.82) is 5.26 Å². The molecular formula is C24H27N. The van der Waals surface area contributed by atoms with Gasteiger partial charge in [0, 0.05) is 0 Å². The largest absolute Gasteiger partial charge is 0.192 e. The van der Waals surface area contributed by atoms with Gasteiger partial charge in [0.2, 0.25) is 0 Å². The van der Waals surface area contributed by atoms with Crippen molar-refractivity contribution >= 4 is 10.8 Å². The number of fused-ring (bicyclic) bond motifs is 1. The monoisotopic (exact) mass is 329 g/mol. The van der Waals surface area contributed by atoms with E-state index in [-0.39, 0.29) is 0 Å². The lowest BCUT2D eigenvalue weighted by Gasteiger charge is -2.10. The molecule has 25 heavy (non-hydrogen) atoms. The fourth-order valence-corrected chi connectivity index (χ4v) is 3.30. The van der Waals surface area contributed by atoms with E-state index in [2.05, 4.69) is 89.2 Å². The average Bonchev–Trinajstić information content (AvgIpc) is 2.61. The molecule has 128 valence electrons. The van der Waals surface area contributed by atoms with Gasteiger partial charge in [0.05, 0.1) is 11.6 Å². The molecule has 0 saturated heterocycles. The molecule has 1 nitrogen and oxygen atoms in total. The minimum absolute atomic E-state index is 0.431. The van der Waals surface area contributed by atoms with E-state index in [1.165, 1.54) is 27.5 Å². The van der Waals surface area contributed by atoms with Crippen molar-refractivity contribution in [3.8, 4) is 6.07 Å². The van der Waals surface area contributed by atoms with E-state index in [4.69, 9.17) is 5.26 Å². The normalized spacial score (nSPS) is 10.5. The Labute approximate surface area is 151 Å². The molecule has 0 aliphatic heterocycles. The molecule has 0 spiro atoms. The summed E-state index contributed by atoms with van der Waals surface area (Å²) in [6, 6.07) is 23.2. The van der Waals surface area contributed by atoms with Gasteiger partial charge in [-0.2, -0.15) is 5.26 Å². The summed E-state index contributed by atoms with van der Waals surface area (Å²) in [6.45, 7) is 10.8. The summed E-state index contributed by atoms with van der Waals surface area (Å²) in [5, 5.41) is 11.6. The van der Waals surface area contributed by atoms with E-state index < -0.39 is 0 Å². The van der Waals surface area contributed by atoms with Gasteiger partial charge in [0.15, 0.2) is 0 Å². The number of nitrogens with zero attached hydrogens (tertiary/aromatic N) is 1. The van der Waals surface area contributed by atoms with Gasteiger partial charge in [0.1, 0.15) is 0 Å². The Hall–Kier alpha value is -2.59. The van der Waals surface area contributed by atoms with E-state index in [9.17, 15) is 0 Å². The summed E-state index contributed by atoms with van der Waals surface area (Å²) in [5.41, 5.74) is 4.65. The maximum absolute atomic E-state index is 8.84. The fourth-order valence-electron chi connectivity index (χ4n) is 3.30. The van der Waals surface area contributed by atoms with Crippen LogP contribution < -0.4 is 0 Å². The number of rotatable bonds is 2. The standard InChI is InChI=1S/C13H14.C11H13N/c1-10(2)12-9-5-7-11-6-3-4-8-13(11)12;1-8(2)11-9(3)5-4-6-10(11)7-12/h3-10H,1-2H3;4-6,8H,1-3H3. The van der Waals surface area contributed by atoms with Crippen molar-refractivity contribution in [2.24, 2.45) is 0 Å². The van der Waals surface area contributed by atoms with Crippen LogP contribution in [0.25, 0.3) is 10.8 Å². The van der Waals surface area contributed by atoms with Crippen molar-refractivity contribution in [1.82, 2.24) is 0 Å². The fraction of sp³-hybridized carbons (Fsp3) is 0.292. The molecule has 0 atom stereocenters. The molecule has 0 amide bonds. The van der Waals surface area contributed by atoms with Gasteiger partial charge in [-0.15, -0.1) is 0 Å². The maximum Gasteiger partial charge on any atom is 0.0994 e. The minimum atomic E-state index is 0.431. The van der Waals surface area contributed by atoms with Gasteiger partial charge >= 0.3 is 0 Å². The zero-order valence-corrected chi connectivity index (χ0v) is 15.9. The lowest BCUT2D eigenvalue weighted by Crippen LogP contribution is -1.95. The van der Waals surface area contributed by atoms with Crippen LogP contribution in [0.4, 0.5) is 0 Å². The van der Waals surface area contributed by atoms with Crippen LogP contribution in [0.3, 0.4) is 0 Å². The first-order valence-electron chi connectivity index (χ1n) is 8.93. The second-order valence-electron chi connectivity index (χ2n) is 7.03. The maximum atomic E-state index is 8.84. The number of hydrogen-bond donors (Lipinski definition) is 0. The van der Waals surface area contributed by atoms with Crippen LogP contribution in [-0.4, -0.2) is 0 Å². The zero-order chi connectivity index (χ0) is 18.4. The predicted molar refractivity (Wildman–Crippen MR) is 108 cm³/mol. The molecule has 0 fully saturated rings. The summed E-state index contributed by atoms with van der Waals surface area (Å²) in [6.07, 6.45) is 0. The molecule has 0 aromatic heterocycles. The van der Waals surface area contributed by atoms with E-state index in [1.807, 2.05) is 12.1 Å². The second-order valence-corrected chi connectivity index (χ2v) is 7.03. The summed E-state index contributed by atoms with van der Waals surface area (Å²) >= 11 is 0. The van der Waals surface area contributed by atoms with Crippen LogP contribution in [0.5, 0.6) is 0 Å². The highest BCUT2D eigenvalue weighted by Gasteiger charge is 2.07. The quantitative estimate of drug-likeness (QED) is 0.499. The first kappa shape index (κ1) is 18.7. The third kappa shape index (κ3) is 4.48. The van der Waals surface area contributed by atoms with Crippen molar-refractivity contribution in [2.75, 3.05) is 0 Å². The SMILES string of the molecule is CC(C)c1cccc2ccccc12.Cc1cccc(C#N)c1C(C)C. The summed E-state index contributed by atoms with van der Waals surface area (Å²) in [7, 11) is 0. The van der Waals surface area contributed by atoms with E-state index >= 15 is 0 Å². The molecular weight excluding hydrogens is 302 g/mol. The number of nitriles is 1. The molecule has 0 aliphatic carbocycles. The van der Waals surface area contributed by atoms with Gasteiger partial charge in [0.25, 0.3) is 0 Å². The Balaban J connectivity index is 0.000000181. The zero-order valence-electron chi connectivity index (χ0n) is 15.9. The third-order valence-corrected chi connectivity index (χ3v) is 4.47. The Bertz CT molecular complexity index is 877. The van der Waals surface area contributed by atoms with Gasteiger partial charge < -0.3 is 0 Å². The molecule has 3 rings (SSSR count). The highest BCUT2D eigenvalue weighted by atomic mass is 14.3. The van der Waals surface area contributed by atoms with Crippen molar-refractivity contribution in [2.45, 2.75) is 46.5 Å².